The number of nitro benzene ring substituents is 1. The first-order chi connectivity index (χ1) is 20.7. The lowest BCUT2D eigenvalue weighted by atomic mass is 10.00. The molecule has 1 heterocycles. The summed E-state index contributed by atoms with van der Waals surface area (Å²) in [4.78, 5) is 37.4. The zero-order valence-electron chi connectivity index (χ0n) is 23.6. The largest absolute Gasteiger partial charge is 0.485 e. The van der Waals surface area contributed by atoms with Crippen LogP contribution >= 0.6 is 0 Å². The SMILES string of the molecule is C=CCOC(=O)c1ccc(CC(=O)c2ccc(-n3nnc(-c4ccc([N+](=O)[O-])cc4)n3)c(OC(C)C)c2OCC=C)cc1. The van der Waals surface area contributed by atoms with Crippen LogP contribution in [0.15, 0.2) is 86.0 Å². The molecule has 0 aliphatic heterocycles. The molecule has 1 aromatic heterocycles. The number of ketones is 1. The van der Waals surface area contributed by atoms with E-state index in [9.17, 15) is 19.7 Å². The molecular weight excluding hydrogens is 554 g/mol. The fourth-order valence-corrected chi connectivity index (χ4v) is 3.99. The normalized spacial score (nSPS) is 10.7. The van der Waals surface area contributed by atoms with Gasteiger partial charge in [-0.2, -0.15) is 0 Å². The number of carbonyl (C=O) groups is 2. The Morgan fingerprint density at radius 2 is 1.67 bits per heavy atom. The van der Waals surface area contributed by atoms with Crippen LogP contribution < -0.4 is 9.47 Å². The summed E-state index contributed by atoms with van der Waals surface area (Å²) in [6.45, 7) is 11.1. The number of ether oxygens (including phenoxy) is 3. The van der Waals surface area contributed by atoms with Crippen molar-refractivity contribution in [3.05, 3.63) is 113 Å². The van der Waals surface area contributed by atoms with Gasteiger partial charge in [-0.1, -0.05) is 37.4 Å². The van der Waals surface area contributed by atoms with Crippen molar-refractivity contribution in [3.8, 4) is 28.6 Å². The Hall–Kier alpha value is -5.65. The number of carbonyl (C=O) groups excluding carboxylic acids is 2. The van der Waals surface area contributed by atoms with Crippen LogP contribution in [0.25, 0.3) is 17.1 Å². The molecule has 4 rings (SSSR count). The molecule has 4 aromatic rings. The van der Waals surface area contributed by atoms with Gasteiger partial charge in [0, 0.05) is 24.1 Å². The zero-order valence-corrected chi connectivity index (χ0v) is 23.6. The van der Waals surface area contributed by atoms with Crippen LogP contribution in [0.2, 0.25) is 0 Å². The predicted octanol–water partition coefficient (Wildman–Crippen LogP) is 5.36. The Morgan fingerprint density at radius 1 is 0.977 bits per heavy atom. The van der Waals surface area contributed by atoms with Gasteiger partial charge in [0.25, 0.3) is 5.69 Å². The van der Waals surface area contributed by atoms with E-state index in [1.807, 2.05) is 13.8 Å². The van der Waals surface area contributed by atoms with Gasteiger partial charge in [0.15, 0.2) is 17.3 Å². The molecule has 0 radical (unpaired) electrons. The molecule has 0 N–H and O–H groups in total. The molecule has 12 nitrogen and oxygen atoms in total. The summed E-state index contributed by atoms with van der Waals surface area (Å²) in [5.41, 5.74) is 2.14. The fourth-order valence-electron chi connectivity index (χ4n) is 3.99. The first-order valence-electron chi connectivity index (χ1n) is 13.2. The zero-order chi connectivity index (χ0) is 30.9. The highest BCUT2D eigenvalue weighted by atomic mass is 16.6. The number of benzene rings is 3. The molecule has 0 unspecified atom stereocenters. The highest BCUT2D eigenvalue weighted by Gasteiger charge is 2.25. The molecule has 0 bridgehead atoms. The van der Waals surface area contributed by atoms with Gasteiger partial charge in [-0.05, 0) is 61.0 Å². The molecule has 0 fully saturated rings. The van der Waals surface area contributed by atoms with Crippen molar-refractivity contribution in [1.82, 2.24) is 20.2 Å². The maximum Gasteiger partial charge on any atom is 0.338 e. The second kappa shape index (κ2) is 13.8. The Bertz CT molecular complexity index is 1640. The van der Waals surface area contributed by atoms with Crippen LogP contribution in [-0.2, 0) is 11.2 Å². The molecule has 3 aromatic carbocycles. The topological polar surface area (TPSA) is 149 Å². The number of non-ortho nitro benzene ring substituents is 1. The van der Waals surface area contributed by atoms with Gasteiger partial charge >= 0.3 is 5.97 Å². The summed E-state index contributed by atoms with van der Waals surface area (Å²) < 4.78 is 17.1. The van der Waals surface area contributed by atoms with E-state index in [2.05, 4.69) is 28.6 Å². The number of hydrogen-bond acceptors (Lipinski definition) is 10. The summed E-state index contributed by atoms with van der Waals surface area (Å²) in [6.07, 6.45) is 2.75. The van der Waals surface area contributed by atoms with Crippen molar-refractivity contribution < 1.29 is 28.7 Å². The van der Waals surface area contributed by atoms with Crippen molar-refractivity contribution in [3.63, 3.8) is 0 Å². The Kier molecular flexibility index (Phi) is 9.74. The van der Waals surface area contributed by atoms with Crippen molar-refractivity contribution in [2.24, 2.45) is 0 Å². The van der Waals surface area contributed by atoms with E-state index < -0.39 is 10.9 Å². The summed E-state index contributed by atoms with van der Waals surface area (Å²) in [6, 6.07) is 15.6. The van der Waals surface area contributed by atoms with Crippen molar-refractivity contribution in [2.45, 2.75) is 26.4 Å². The third-order valence-electron chi connectivity index (χ3n) is 5.94. The number of esters is 1. The van der Waals surface area contributed by atoms with Crippen LogP contribution in [0.3, 0.4) is 0 Å². The van der Waals surface area contributed by atoms with Crippen LogP contribution in [0.5, 0.6) is 11.5 Å². The summed E-state index contributed by atoms with van der Waals surface area (Å²) in [5, 5.41) is 23.7. The molecule has 0 saturated carbocycles. The fraction of sp³-hybridized carbons (Fsp3) is 0.194. The first kappa shape index (κ1) is 30.3. The highest BCUT2D eigenvalue weighted by molar-refractivity contribution is 6.01. The molecule has 0 saturated heterocycles. The van der Waals surface area contributed by atoms with Crippen LogP contribution in [0.4, 0.5) is 5.69 Å². The molecular formula is C31H29N5O7. The summed E-state index contributed by atoms with van der Waals surface area (Å²) in [7, 11) is 0. The Morgan fingerprint density at radius 3 is 2.30 bits per heavy atom. The minimum absolute atomic E-state index is 0.0266. The third-order valence-corrected chi connectivity index (χ3v) is 5.94. The molecule has 0 aliphatic carbocycles. The first-order valence-corrected chi connectivity index (χ1v) is 13.2. The van der Waals surface area contributed by atoms with Gasteiger partial charge < -0.3 is 14.2 Å². The molecule has 0 amide bonds. The number of hydrogen-bond donors (Lipinski definition) is 0. The Balaban J connectivity index is 1.68. The van der Waals surface area contributed by atoms with E-state index in [-0.39, 0.29) is 60.1 Å². The number of nitrogens with zero attached hydrogens (tertiary/aromatic N) is 5. The number of rotatable bonds is 14. The highest BCUT2D eigenvalue weighted by Crippen LogP contribution is 2.39. The predicted molar refractivity (Wildman–Crippen MR) is 158 cm³/mol. The number of tetrazole rings is 1. The second-order valence-electron chi connectivity index (χ2n) is 9.45. The van der Waals surface area contributed by atoms with Crippen molar-refractivity contribution >= 4 is 17.4 Å². The second-order valence-corrected chi connectivity index (χ2v) is 9.45. The van der Waals surface area contributed by atoms with Gasteiger partial charge in [-0.3, -0.25) is 14.9 Å². The molecule has 0 atom stereocenters. The smallest absolute Gasteiger partial charge is 0.338 e. The number of Topliss-reactive ketones (excluding diaryl/α,β-unsaturated/α-hetero) is 1. The quantitative estimate of drug-likeness (QED) is 0.0624. The molecule has 0 spiro atoms. The molecule has 220 valence electrons. The van der Waals surface area contributed by atoms with E-state index in [0.29, 0.717) is 22.4 Å². The van der Waals surface area contributed by atoms with Crippen LogP contribution in [0.1, 0.15) is 40.1 Å². The average Bonchev–Trinajstić information content (AvgIpc) is 3.49. The summed E-state index contributed by atoms with van der Waals surface area (Å²) in [5.74, 6) is -0.0803. The van der Waals surface area contributed by atoms with E-state index in [4.69, 9.17) is 14.2 Å². The molecule has 43 heavy (non-hydrogen) atoms. The van der Waals surface area contributed by atoms with Crippen molar-refractivity contribution in [2.75, 3.05) is 13.2 Å². The van der Waals surface area contributed by atoms with Gasteiger partial charge in [0.1, 0.15) is 18.9 Å². The lowest BCUT2D eigenvalue weighted by Crippen LogP contribution is -2.15. The maximum atomic E-state index is 13.5. The minimum atomic E-state index is -0.492. The molecule has 0 aliphatic rings. The van der Waals surface area contributed by atoms with Gasteiger partial charge in [0.05, 0.1) is 22.2 Å². The lowest BCUT2D eigenvalue weighted by Gasteiger charge is -2.20. The van der Waals surface area contributed by atoms with E-state index in [1.54, 1.807) is 42.5 Å². The maximum absolute atomic E-state index is 13.5. The van der Waals surface area contributed by atoms with E-state index in [1.165, 1.54) is 35.1 Å². The number of nitro groups is 1. The lowest BCUT2D eigenvalue weighted by molar-refractivity contribution is -0.384. The summed E-state index contributed by atoms with van der Waals surface area (Å²) >= 11 is 0. The monoisotopic (exact) mass is 583 g/mol. The van der Waals surface area contributed by atoms with Crippen molar-refractivity contribution in [1.29, 1.82) is 0 Å². The van der Waals surface area contributed by atoms with Crippen LogP contribution in [-0.4, -0.2) is 56.2 Å². The molecule has 12 heteroatoms. The van der Waals surface area contributed by atoms with Gasteiger partial charge in [0.2, 0.25) is 5.82 Å². The van der Waals surface area contributed by atoms with Crippen LogP contribution in [0, 0.1) is 10.1 Å². The standard InChI is InChI=1S/C31H29N5O7/c1-5-17-41-28-25(27(37)19-21-7-9-23(10-8-21)31(38)42-18-6-2)15-16-26(29(28)43-20(3)4)35-33-30(32-34-35)22-11-13-24(14-12-22)36(39)40/h5-16,20H,1-2,17-19H2,3-4H3. The Labute approximate surface area is 247 Å². The average molecular weight is 584 g/mol. The van der Waals surface area contributed by atoms with E-state index in [0.717, 1.165) is 0 Å². The van der Waals surface area contributed by atoms with E-state index >= 15 is 0 Å². The minimum Gasteiger partial charge on any atom is -0.485 e. The van der Waals surface area contributed by atoms with Gasteiger partial charge in [-0.25, -0.2) is 4.79 Å². The number of aromatic nitrogens is 4. The third kappa shape index (κ3) is 7.36. The van der Waals surface area contributed by atoms with Gasteiger partial charge in [-0.15, -0.1) is 15.0 Å².